The van der Waals surface area contributed by atoms with Gasteiger partial charge in [0.15, 0.2) is 23.8 Å². The normalized spacial score (nSPS) is 13.8. The summed E-state index contributed by atoms with van der Waals surface area (Å²) in [5.74, 6) is -5.71. The van der Waals surface area contributed by atoms with Gasteiger partial charge in [-0.2, -0.15) is 0 Å². The fraction of sp³-hybridized carbons (Fsp3) is 0.667. The summed E-state index contributed by atoms with van der Waals surface area (Å²) in [6.07, 6.45) is 1.23. The number of nitrogens with two attached hydrogens (primary N) is 6. The van der Waals surface area contributed by atoms with Gasteiger partial charge in [-0.25, -0.2) is 0 Å². The second-order valence-electron chi connectivity index (χ2n) is 12.6. The number of carbonyl (C=O) groups is 6. The predicted octanol–water partition coefficient (Wildman–Crippen LogP) is -6.68. The van der Waals surface area contributed by atoms with E-state index in [9.17, 15) is 28.8 Å². The molecular weight excluding hydrogens is 722 g/mol. The second kappa shape index (κ2) is 26.6. The molecule has 0 fully saturated rings. The lowest BCUT2D eigenvalue weighted by atomic mass is 10.0. The lowest BCUT2D eigenvalue weighted by Crippen LogP contribution is -2.59. The van der Waals surface area contributed by atoms with Gasteiger partial charge in [-0.15, -0.1) is 0 Å². The first-order valence-electron chi connectivity index (χ1n) is 17.6. The summed E-state index contributed by atoms with van der Waals surface area (Å²) in [6.45, 7) is 3.54. The Kier molecular flexibility index (Phi) is 23.6. The van der Waals surface area contributed by atoms with Gasteiger partial charge < -0.3 is 82.3 Å². The first-order chi connectivity index (χ1) is 25.7. The van der Waals surface area contributed by atoms with Crippen molar-refractivity contribution in [3.63, 3.8) is 0 Å². The molecule has 6 atom stereocenters. The van der Waals surface area contributed by atoms with Gasteiger partial charge in [-0.05, 0) is 65.2 Å². The molecule has 0 aromatic rings. The molecule has 0 aromatic heterocycles. The number of nitrogens with one attached hydrogen (secondary N) is 13. The average molecular weight is 784 g/mol. The molecule has 312 valence electrons. The summed E-state index contributed by atoms with van der Waals surface area (Å²) in [5, 5.41) is 52.4. The van der Waals surface area contributed by atoms with Gasteiger partial charge in [0, 0.05) is 26.2 Å². The maximum Gasteiger partial charge on any atom is 0.243 e. The summed E-state index contributed by atoms with van der Waals surface area (Å²) in [6, 6.07) is -6.96. The zero-order valence-electron chi connectivity index (χ0n) is 31.4. The Hall–Kier alpha value is -6.14. The maximum absolute atomic E-state index is 13.8. The smallest absolute Gasteiger partial charge is 0.243 e. The van der Waals surface area contributed by atoms with Crippen molar-refractivity contribution in [2.24, 2.45) is 34.4 Å². The third-order valence-corrected chi connectivity index (χ3v) is 7.66. The number of guanidine groups is 4. The molecule has 25 nitrogen and oxygen atoms in total. The zero-order valence-corrected chi connectivity index (χ0v) is 31.4. The highest BCUT2D eigenvalue weighted by Crippen LogP contribution is 2.06. The van der Waals surface area contributed by atoms with Crippen LogP contribution in [0.15, 0.2) is 0 Å². The average Bonchev–Trinajstić information content (AvgIpc) is 3.08. The number of primary amides is 1. The van der Waals surface area contributed by atoms with Crippen LogP contribution >= 0.6 is 0 Å². The fourth-order valence-electron chi connectivity index (χ4n) is 4.73. The molecule has 0 aromatic carbocycles. The lowest BCUT2D eigenvalue weighted by molar-refractivity contribution is -0.135. The van der Waals surface area contributed by atoms with Gasteiger partial charge in [0.25, 0.3) is 0 Å². The summed E-state index contributed by atoms with van der Waals surface area (Å²) < 4.78 is 0. The van der Waals surface area contributed by atoms with Crippen LogP contribution in [0.5, 0.6) is 0 Å². The quantitative estimate of drug-likeness (QED) is 0.0209. The highest BCUT2D eigenvalue weighted by molar-refractivity contribution is 5.96. The van der Waals surface area contributed by atoms with E-state index in [-0.39, 0.29) is 95.0 Å². The van der Waals surface area contributed by atoms with Crippen molar-refractivity contribution < 1.29 is 28.8 Å². The van der Waals surface area contributed by atoms with Crippen molar-refractivity contribution in [3.8, 4) is 0 Å². The van der Waals surface area contributed by atoms with E-state index in [4.69, 9.17) is 56.0 Å². The maximum atomic E-state index is 13.8. The monoisotopic (exact) mass is 784 g/mol. The van der Waals surface area contributed by atoms with E-state index in [2.05, 4.69) is 47.9 Å². The molecule has 6 amide bonds. The van der Waals surface area contributed by atoms with E-state index in [0.717, 1.165) is 0 Å². The second-order valence-corrected chi connectivity index (χ2v) is 12.6. The van der Waals surface area contributed by atoms with Gasteiger partial charge >= 0.3 is 0 Å². The molecular formula is C30H61N19O6. The Morgan fingerprint density at radius 2 is 0.709 bits per heavy atom. The number of hydrogen-bond acceptors (Lipinski definition) is 11. The molecule has 55 heavy (non-hydrogen) atoms. The van der Waals surface area contributed by atoms with Crippen molar-refractivity contribution in [1.82, 2.24) is 47.9 Å². The highest BCUT2D eigenvalue weighted by atomic mass is 16.2. The molecule has 0 heterocycles. The van der Waals surface area contributed by atoms with Gasteiger partial charge in [0.1, 0.15) is 30.2 Å². The Morgan fingerprint density at radius 3 is 1.00 bits per heavy atom. The fourth-order valence-corrected chi connectivity index (χ4v) is 4.73. The highest BCUT2D eigenvalue weighted by Gasteiger charge is 2.31. The molecule has 0 bridgehead atoms. The van der Waals surface area contributed by atoms with Crippen molar-refractivity contribution in [3.05, 3.63) is 0 Å². The molecule has 6 unspecified atom stereocenters. The first-order valence-corrected chi connectivity index (χ1v) is 17.6. The van der Waals surface area contributed by atoms with Crippen molar-refractivity contribution in [2.75, 3.05) is 26.2 Å². The number of hydrogen-bond donors (Lipinski definition) is 19. The van der Waals surface area contributed by atoms with Crippen molar-refractivity contribution >= 4 is 59.3 Å². The van der Waals surface area contributed by atoms with Crippen LogP contribution in [0.3, 0.4) is 0 Å². The third-order valence-electron chi connectivity index (χ3n) is 7.66. The van der Waals surface area contributed by atoms with Crippen molar-refractivity contribution in [1.29, 1.82) is 21.6 Å². The molecule has 0 saturated carbocycles. The van der Waals surface area contributed by atoms with Crippen LogP contribution in [-0.2, 0) is 28.8 Å². The molecule has 0 aliphatic carbocycles. The number of amides is 6. The molecule has 25 N–H and O–H groups in total. The molecule has 0 aliphatic rings. The number of rotatable bonds is 27. The Labute approximate surface area is 319 Å². The molecule has 0 rings (SSSR count). The largest absolute Gasteiger partial charge is 0.370 e. The standard InChI is InChI=1S/C30H61N19O6/c1-15(31)22(51)47-19(9-5-13-43-29(37)38)25(54)49-20(10-6-14-44-30(39)40)26(55)48-18(8-4-12-42-28(35)36)24(53)45-16(2)23(52)46-17(21(32)50)7-3-11-41-27(33)34/h15-20H,3-14,31H2,1-2H3,(H2,32,50)(H,45,53)(H,46,52)(H,47,51)(H,48,55)(H,49,54)(H4,33,34,41)(H4,35,36,42)(H4,37,38,43)(H4,39,40,44). The predicted molar refractivity (Wildman–Crippen MR) is 205 cm³/mol. The Balaban J connectivity index is 6.12. The minimum atomic E-state index is -1.28. The zero-order chi connectivity index (χ0) is 42.1. The van der Waals surface area contributed by atoms with Gasteiger partial charge in [-0.3, -0.25) is 50.4 Å². The van der Waals surface area contributed by atoms with Crippen LogP contribution in [0, 0.1) is 21.6 Å². The van der Waals surface area contributed by atoms with E-state index in [1.807, 2.05) is 0 Å². The van der Waals surface area contributed by atoms with E-state index in [1.54, 1.807) is 0 Å². The van der Waals surface area contributed by atoms with Crippen LogP contribution in [0.1, 0.15) is 65.2 Å². The minimum absolute atomic E-state index is 0.00676. The van der Waals surface area contributed by atoms with Crippen LogP contribution < -0.4 is 82.3 Å². The van der Waals surface area contributed by atoms with Crippen molar-refractivity contribution in [2.45, 2.75) is 101 Å². The van der Waals surface area contributed by atoms with Gasteiger partial charge in [0.05, 0.1) is 6.04 Å². The topological polar surface area (TPSA) is 462 Å². The van der Waals surface area contributed by atoms with Gasteiger partial charge in [-0.1, -0.05) is 0 Å². The molecule has 0 aliphatic heterocycles. The molecule has 0 radical (unpaired) electrons. The first kappa shape index (κ1) is 48.9. The van der Waals surface area contributed by atoms with E-state index in [0.29, 0.717) is 6.42 Å². The van der Waals surface area contributed by atoms with E-state index >= 15 is 0 Å². The van der Waals surface area contributed by atoms with Crippen LogP contribution in [0.25, 0.3) is 0 Å². The summed E-state index contributed by atoms with van der Waals surface area (Å²) >= 11 is 0. The summed E-state index contributed by atoms with van der Waals surface area (Å²) in [7, 11) is 0. The van der Waals surface area contributed by atoms with Crippen LogP contribution in [-0.4, -0.2) is 122 Å². The van der Waals surface area contributed by atoms with Crippen LogP contribution in [0.4, 0.5) is 0 Å². The SMILES string of the molecule is CC(N)C(=O)NC(CCCNC(=N)N)C(=O)NC(CCCNC(=N)N)C(=O)NC(CCCNC(=N)N)C(=O)NC(C)C(=O)NC(CCCNC(=N)N)C(N)=O. The molecule has 0 spiro atoms. The minimum Gasteiger partial charge on any atom is -0.370 e. The lowest BCUT2D eigenvalue weighted by Gasteiger charge is -2.27. The van der Waals surface area contributed by atoms with E-state index in [1.165, 1.54) is 13.8 Å². The molecule has 25 heteroatoms. The van der Waals surface area contributed by atoms with Gasteiger partial charge in [0.2, 0.25) is 35.4 Å². The summed E-state index contributed by atoms with van der Waals surface area (Å²) in [4.78, 5) is 78.3. The number of carbonyl (C=O) groups excluding carboxylic acids is 6. The Morgan fingerprint density at radius 1 is 0.436 bits per heavy atom. The third kappa shape index (κ3) is 23.2. The summed E-state index contributed by atoms with van der Waals surface area (Å²) in [5.41, 5.74) is 32.4. The Bertz CT molecular complexity index is 1350. The van der Waals surface area contributed by atoms with Crippen LogP contribution in [0.2, 0.25) is 0 Å². The molecule has 0 saturated heterocycles. The van der Waals surface area contributed by atoms with E-state index < -0.39 is 71.7 Å².